The second-order valence-corrected chi connectivity index (χ2v) is 31.5. The number of amides is 2. The van der Waals surface area contributed by atoms with E-state index in [0.29, 0.717) is 89.8 Å². The third kappa shape index (κ3) is 16.3. The number of imide groups is 1. The van der Waals surface area contributed by atoms with Gasteiger partial charge in [0.15, 0.2) is 6.29 Å². The Bertz CT molecular complexity index is 2650. The minimum atomic E-state index is -0.667. The highest BCUT2D eigenvalue weighted by Crippen LogP contribution is 2.63. The van der Waals surface area contributed by atoms with E-state index in [2.05, 4.69) is 58.4 Å². The van der Waals surface area contributed by atoms with Crippen LogP contribution in [0.1, 0.15) is 204 Å². The van der Waals surface area contributed by atoms with E-state index in [1.165, 1.54) is 75.5 Å². The molecule has 502 valence electrons. The predicted molar refractivity (Wildman–Crippen MR) is 346 cm³/mol. The number of thioether (sulfide) groups is 1. The van der Waals surface area contributed by atoms with Crippen LogP contribution in [0.2, 0.25) is 0 Å². The highest BCUT2D eigenvalue weighted by Gasteiger charge is 2.62. The van der Waals surface area contributed by atoms with Gasteiger partial charge < -0.3 is 38.3 Å². The van der Waals surface area contributed by atoms with Crippen molar-refractivity contribution in [3.8, 4) is 0 Å². The van der Waals surface area contributed by atoms with Crippen LogP contribution in [0.3, 0.4) is 0 Å². The molecule has 0 radical (unpaired) electrons. The molecule has 0 aromatic carbocycles. The lowest BCUT2D eigenvalue weighted by atomic mass is 9.47. The first-order valence-corrected chi connectivity index (χ1v) is 35.3. The third-order valence-electron chi connectivity index (χ3n) is 22.1. The van der Waals surface area contributed by atoms with E-state index in [-0.39, 0.29) is 71.1 Å². The Morgan fingerprint density at radius 1 is 0.644 bits per heavy atom. The maximum absolute atomic E-state index is 12.1. The molecule has 2 amide bonds. The van der Waals surface area contributed by atoms with E-state index < -0.39 is 23.3 Å². The molecule has 6 atom stereocenters. The summed E-state index contributed by atoms with van der Waals surface area (Å²) in [7, 11) is 0. The van der Waals surface area contributed by atoms with Gasteiger partial charge in [0, 0.05) is 46.6 Å². The molecule has 3 aliphatic heterocycles. The van der Waals surface area contributed by atoms with Gasteiger partial charge in [-0.15, -0.1) is 0 Å². The van der Waals surface area contributed by atoms with Crippen LogP contribution < -0.4 is 0 Å². The summed E-state index contributed by atoms with van der Waals surface area (Å²) in [6, 6.07) is 0.191. The summed E-state index contributed by atoms with van der Waals surface area (Å²) in [4.78, 5) is 82.0. The van der Waals surface area contributed by atoms with Gasteiger partial charge in [-0.25, -0.2) is 19.2 Å². The number of nitrogens with zero attached hydrogens (tertiary/aromatic N) is 1. The zero-order valence-corrected chi connectivity index (χ0v) is 57.0. The molecule has 1 N–H and O–H groups in total. The number of fused-ring (bicyclic) bond motifs is 1. The van der Waals surface area contributed by atoms with Gasteiger partial charge >= 0.3 is 29.8 Å². The summed E-state index contributed by atoms with van der Waals surface area (Å²) in [6.45, 7) is 39.1. The van der Waals surface area contributed by atoms with Crippen LogP contribution in [-0.4, -0.2) is 124 Å². The molecular formula is C73H109NO15S. The molecule has 0 aromatic heterocycles. The zero-order chi connectivity index (χ0) is 65.8. The van der Waals surface area contributed by atoms with Gasteiger partial charge in [0.05, 0.1) is 43.3 Å². The number of esters is 5. The van der Waals surface area contributed by atoms with E-state index in [9.17, 15) is 38.7 Å². The van der Waals surface area contributed by atoms with Crippen molar-refractivity contribution in [2.24, 2.45) is 76.9 Å². The van der Waals surface area contributed by atoms with Crippen molar-refractivity contribution in [2.45, 2.75) is 245 Å². The Hall–Kier alpha value is -4.58. The first-order chi connectivity index (χ1) is 42.4. The predicted octanol–water partition coefficient (Wildman–Crippen LogP) is 13.1. The lowest BCUT2D eigenvalue weighted by Crippen LogP contribution is -2.62. The lowest BCUT2D eigenvalue weighted by molar-refractivity contribution is -0.221. The van der Waals surface area contributed by atoms with Crippen molar-refractivity contribution in [2.75, 3.05) is 31.3 Å². The average Bonchev–Trinajstić information content (AvgIpc) is 0.958. The number of carbonyl (C=O) groups is 7. The third-order valence-corrected chi connectivity index (χ3v) is 23.1. The van der Waals surface area contributed by atoms with Gasteiger partial charge in [0.25, 0.3) is 5.91 Å². The number of β-lactam (4-membered cyclic amide) rings is 1. The number of rotatable bonds is 14. The average molecular weight is 1270 g/mol. The molecule has 13 saturated carbocycles. The second kappa shape index (κ2) is 29.8. The van der Waals surface area contributed by atoms with Crippen molar-refractivity contribution < 1.29 is 71.8 Å². The fourth-order valence-corrected chi connectivity index (χ4v) is 19.7. The molecule has 0 aromatic rings. The number of ether oxygens (including phenoxy) is 7. The standard InChI is InChI=1S/C17H26O2.C16H24O2.C14H20O3.C10H13NO2.C8H12O4.C8H14O2S/c1-10(2)16(18)19-17(11(3)4)14-6-12-5-13(8-14)9-15(17)7-12;1-4-16(18-15(17)10(2)3)13-6-11-5-12(8-13)9-14(16)7-11;1-9(2)12(15)17-14-6-10-3-11(7-14)5-13(16,4-10)8-14;1-6(2)9(12)11-8-5-3-4-7(8)10(11)13;1-5(2)7(9)12-6-3-4-11-8(6)10;1-7(2)5-10-8-6-11-4-3-9-8/h11-15H,1,5-9H2,2-4H3;11-14H,2,4-9H2,1,3H3;10-11,16H,1,3-8H2,2H3;7-8H,1,3-5H2,2H3;5-6H,3-4H2,1-2H3;8H,1,3-6H2,2H3. The lowest BCUT2D eigenvalue weighted by Gasteiger charge is -2.61. The zero-order valence-electron chi connectivity index (χ0n) is 56.2. The summed E-state index contributed by atoms with van der Waals surface area (Å²) < 4.78 is 38.0. The summed E-state index contributed by atoms with van der Waals surface area (Å²) in [6.07, 6.45) is 22.4. The van der Waals surface area contributed by atoms with Gasteiger partial charge in [0.2, 0.25) is 12.0 Å². The van der Waals surface area contributed by atoms with Crippen molar-refractivity contribution in [3.63, 3.8) is 0 Å². The van der Waals surface area contributed by atoms with Crippen LogP contribution in [0.15, 0.2) is 60.8 Å². The van der Waals surface area contributed by atoms with Crippen molar-refractivity contribution in [1.29, 1.82) is 0 Å². The van der Waals surface area contributed by atoms with Gasteiger partial charge in [-0.3, -0.25) is 19.3 Å². The normalized spacial score (nSPS) is 37.6. The molecule has 13 aliphatic carbocycles. The molecule has 0 spiro atoms. The molecule has 16 rings (SSSR count). The molecule has 12 bridgehead atoms. The molecule has 3 heterocycles. The quantitative estimate of drug-likeness (QED) is 0.0564. The van der Waals surface area contributed by atoms with E-state index in [1.807, 2.05) is 18.7 Å². The summed E-state index contributed by atoms with van der Waals surface area (Å²) >= 11 is 1.88. The van der Waals surface area contributed by atoms with E-state index in [4.69, 9.17) is 28.4 Å². The van der Waals surface area contributed by atoms with Crippen LogP contribution in [-0.2, 0) is 66.7 Å². The Kier molecular flexibility index (Phi) is 23.6. The van der Waals surface area contributed by atoms with Gasteiger partial charge in [0.1, 0.15) is 16.8 Å². The number of aliphatic hydroxyl groups is 1. The topological polar surface area (TPSA) is 208 Å². The Balaban J connectivity index is 0.000000141. The Labute approximate surface area is 541 Å². The molecule has 16 nitrogen and oxygen atoms in total. The van der Waals surface area contributed by atoms with Crippen molar-refractivity contribution in [3.05, 3.63) is 60.8 Å². The van der Waals surface area contributed by atoms with Crippen molar-refractivity contribution in [1.82, 2.24) is 4.90 Å². The summed E-state index contributed by atoms with van der Waals surface area (Å²) in [5.41, 5.74) is 1.70. The minimum absolute atomic E-state index is 0.00884. The number of likely N-dealkylation sites (tertiary alicyclic amines) is 1. The van der Waals surface area contributed by atoms with E-state index >= 15 is 0 Å². The fourth-order valence-electron chi connectivity index (χ4n) is 18.9. The van der Waals surface area contributed by atoms with Gasteiger partial charge in [-0.05, 0) is 215 Å². The van der Waals surface area contributed by atoms with Crippen LogP contribution in [0.25, 0.3) is 0 Å². The highest BCUT2D eigenvalue weighted by atomic mass is 32.2. The van der Waals surface area contributed by atoms with Crippen LogP contribution >= 0.6 is 11.8 Å². The first kappa shape index (κ1) is 71.3. The summed E-state index contributed by atoms with van der Waals surface area (Å²) in [5, 5.41) is 10.5. The van der Waals surface area contributed by atoms with Crippen LogP contribution in [0, 0.1) is 76.9 Å². The smallest absolute Gasteiger partial charge is 0.347 e. The minimum Gasteiger partial charge on any atom is -0.463 e. The van der Waals surface area contributed by atoms with E-state index in [1.54, 1.807) is 41.5 Å². The fraction of sp³-hybridized carbons (Fsp3) is 0.767. The first-order valence-electron chi connectivity index (χ1n) is 34.1. The van der Waals surface area contributed by atoms with Crippen molar-refractivity contribution >= 4 is 53.4 Å². The van der Waals surface area contributed by atoms with Crippen LogP contribution in [0.5, 0.6) is 0 Å². The highest BCUT2D eigenvalue weighted by molar-refractivity contribution is 7.99. The number of hydrogen-bond donors (Lipinski definition) is 1. The number of cyclic esters (lactones) is 1. The molecule has 90 heavy (non-hydrogen) atoms. The van der Waals surface area contributed by atoms with Gasteiger partial charge in [-0.2, -0.15) is 11.8 Å². The van der Waals surface area contributed by atoms with E-state index in [0.717, 1.165) is 98.7 Å². The second-order valence-electron chi connectivity index (χ2n) is 30.4. The maximum atomic E-state index is 12.1. The largest absolute Gasteiger partial charge is 0.463 e. The maximum Gasteiger partial charge on any atom is 0.347 e. The molecule has 3 saturated heterocycles. The monoisotopic (exact) mass is 1270 g/mol. The SMILES string of the molecule is C=C(C)C(=O)N1C(=O)C2CCCC21.C=C(C)C(=O)OC1(C(C)C)C2CC3CC(C2)CC1C3.C=C(C)C(=O)OC1(CC)C2CC3CC(C2)CC1C3.C=C(C)C(=O)OC12CC3CC(CC(O)(C3)C1)C2.C=C(C)COC1CSCCO1.CC(C)C(=O)OC1CCOC1=O. The number of hydrogen-bond acceptors (Lipinski definition) is 16. The molecule has 16 aliphatic rings. The van der Waals surface area contributed by atoms with Crippen LogP contribution in [0.4, 0.5) is 0 Å². The molecule has 17 heteroatoms. The van der Waals surface area contributed by atoms with Gasteiger partial charge in [-0.1, -0.05) is 79.5 Å². The summed E-state index contributed by atoms with van der Waals surface area (Å²) in [5.74, 6) is 7.91. The Morgan fingerprint density at radius 2 is 1.16 bits per heavy atom. The molecular weight excluding hydrogens is 1160 g/mol. The Morgan fingerprint density at radius 3 is 1.59 bits per heavy atom. The molecule has 16 fully saturated rings. The number of carbonyl (C=O) groups excluding carboxylic acids is 7. The molecule has 6 unspecified atom stereocenters.